The largest absolute Gasteiger partial charge is 0.0622 e. The van der Waals surface area contributed by atoms with Crippen LogP contribution < -0.4 is 0 Å². The molecule has 4 atom stereocenters. The summed E-state index contributed by atoms with van der Waals surface area (Å²) >= 11 is 0. The predicted octanol–water partition coefficient (Wildman–Crippen LogP) is 3.08. The molecule has 2 rings (SSSR count). The fraction of sp³-hybridized carbons (Fsp3) is 1.00. The van der Waals surface area contributed by atoms with E-state index in [0.717, 1.165) is 23.2 Å². The first kappa shape index (κ1) is 6.69. The van der Waals surface area contributed by atoms with Gasteiger partial charge in [-0.25, -0.2) is 0 Å². The van der Waals surface area contributed by atoms with E-state index in [1.54, 1.807) is 0 Å². The van der Waals surface area contributed by atoms with Crippen molar-refractivity contribution in [1.82, 2.24) is 0 Å². The lowest BCUT2D eigenvalue weighted by Gasteiger charge is -2.45. The fourth-order valence-electron chi connectivity index (χ4n) is 3.09. The van der Waals surface area contributed by atoms with Gasteiger partial charge in [-0.1, -0.05) is 20.8 Å². The first-order chi connectivity index (χ1) is 4.64. The highest BCUT2D eigenvalue weighted by Crippen LogP contribution is 2.62. The Morgan fingerprint density at radius 3 is 2.20 bits per heavy atom. The predicted molar refractivity (Wildman–Crippen MR) is 43.8 cm³/mol. The quantitative estimate of drug-likeness (QED) is 0.482. The van der Waals surface area contributed by atoms with Gasteiger partial charge in [-0.15, -0.1) is 0 Å². The van der Waals surface area contributed by atoms with Crippen LogP contribution in [-0.4, -0.2) is 0 Å². The molecule has 0 aromatic heterocycles. The molecule has 0 bridgehead atoms. The number of hydrogen-bond acceptors (Lipinski definition) is 0. The highest BCUT2D eigenvalue weighted by molar-refractivity contribution is 5.02. The summed E-state index contributed by atoms with van der Waals surface area (Å²) in [5.74, 6) is 3.08. The van der Waals surface area contributed by atoms with Crippen molar-refractivity contribution >= 4 is 0 Å². The summed E-state index contributed by atoms with van der Waals surface area (Å²) in [7, 11) is 0. The Morgan fingerprint density at radius 2 is 2.00 bits per heavy atom. The van der Waals surface area contributed by atoms with E-state index in [1.165, 1.54) is 19.3 Å². The van der Waals surface area contributed by atoms with Gasteiger partial charge < -0.3 is 0 Å². The smallest absolute Gasteiger partial charge is 0.0269 e. The molecule has 0 nitrogen and oxygen atoms in total. The molecular formula is C10H18. The minimum atomic E-state index is 0.763. The molecule has 0 radical (unpaired) electrons. The fourth-order valence-corrected chi connectivity index (χ4v) is 3.09. The third-order valence-electron chi connectivity index (χ3n) is 4.51. The molecule has 0 heterocycles. The van der Waals surface area contributed by atoms with E-state index in [0.29, 0.717) is 0 Å². The Morgan fingerprint density at radius 1 is 1.30 bits per heavy atom. The minimum absolute atomic E-state index is 0.763. The van der Waals surface area contributed by atoms with Crippen molar-refractivity contribution in [2.75, 3.05) is 0 Å². The van der Waals surface area contributed by atoms with E-state index in [-0.39, 0.29) is 0 Å². The van der Waals surface area contributed by atoms with Gasteiger partial charge in [-0.3, -0.25) is 0 Å². The van der Waals surface area contributed by atoms with Crippen LogP contribution in [0, 0.1) is 23.2 Å². The first-order valence-electron chi connectivity index (χ1n) is 4.64. The van der Waals surface area contributed by atoms with E-state index in [2.05, 4.69) is 20.8 Å². The van der Waals surface area contributed by atoms with E-state index < -0.39 is 0 Å². The summed E-state index contributed by atoms with van der Waals surface area (Å²) in [4.78, 5) is 0. The van der Waals surface area contributed by atoms with Crippen molar-refractivity contribution in [3.8, 4) is 0 Å². The molecular weight excluding hydrogens is 120 g/mol. The van der Waals surface area contributed by atoms with Crippen molar-refractivity contribution in [2.24, 2.45) is 23.2 Å². The van der Waals surface area contributed by atoms with Gasteiger partial charge in [0.25, 0.3) is 0 Å². The lowest BCUT2D eigenvalue weighted by molar-refractivity contribution is 0.0445. The lowest BCUT2D eigenvalue weighted by atomic mass is 9.60. The van der Waals surface area contributed by atoms with Crippen molar-refractivity contribution < 1.29 is 0 Å². The molecule has 10 heavy (non-hydrogen) atoms. The maximum absolute atomic E-state index is 2.50. The molecule has 2 saturated carbocycles. The molecule has 58 valence electrons. The molecule has 2 aliphatic rings. The summed E-state index contributed by atoms with van der Waals surface area (Å²) in [5, 5.41) is 0. The maximum Gasteiger partial charge on any atom is -0.0269 e. The van der Waals surface area contributed by atoms with Gasteiger partial charge in [0, 0.05) is 0 Å². The van der Waals surface area contributed by atoms with Gasteiger partial charge in [0.05, 0.1) is 0 Å². The molecule has 0 amide bonds. The lowest BCUT2D eigenvalue weighted by Crippen LogP contribution is -2.36. The molecule has 0 N–H and O–H groups in total. The molecule has 4 unspecified atom stereocenters. The second-order valence-corrected chi connectivity index (χ2v) is 4.74. The zero-order chi connectivity index (χ0) is 7.35. The Bertz CT molecular complexity index is 150. The molecule has 0 heteroatoms. The van der Waals surface area contributed by atoms with Crippen LogP contribution in [0.4, 0.5) is 0 Å². The van der Waals surface area contributed by atoms with Crippen LogP contribution in [-0.2, 0) is 0 Å². The Kier molecular flexibility index (Phi) is 1.19. The third-order valence-corrected chi connectivity index (χ3v) is 4.51. The van der Waals surface area contributed by atoms with E-state index in [1.807, 2.05) is 0 Å². The highest BCUT2D eigenvalue weighted by Gasteiger charge is 2.53. The monoisotopic (exact) mass is 138 g/mol. The van der Waals surface area contributed by atoms with Gasteiger partial charge >= 0.3 is 0 Å². The second-order valence-electron chi connectivity index (χ2n) is 4.74. The summed E-state index contributed by atoms with van der Waals surface area (Å²) in [6.45, 7) is 7.37. The SMILES string of the molecule is CC1CC2CCC2(C)C1C. The topological polar surface area (TPSA) is 0 Å². The molecule has 0 aromatic rings. The zero-order valence-corrected chi connectivity index (χ0v) is 7.35. The average molecular weight is 138 g/mol. The minimum Gasteiger partial charge on any atom is -0.0622 e. The summed E-state index contributed by atoms with van der Waals surface area (Å²) in [6, 6.07) is 0. The summed E-state index contributed by atoms with van der Waals surface area (Å²) in [6.07, 6.45) is 4.53. The summed E-state index contributed by atoms with van der Waals surface area (Å²) < 4.78 is 0. The summed E-state index contributed by atoms with van der Waals surface area (Å²) in [5.41, 5.74) is 0.763. The van der Waals surface area contributed by atoms with Crippen LogP contribution in [0.2, 0.25) is 0 Å². The van der Waals surface area contributed by atoms with Crippen LogP contribution in [0.1, 0.15) is 40.0 Å². The Hall–Kier alpha value is 0. The van der Waals surface area contributed by atoms with Crippen molar-refractivity contribution in [2.45, 2.75) is 40.0 Å². The molecule has 0 spiro atoms. The normalized spacial score (nSPS) is 59.7. The Balaban J connectivity index is 2.20. The number of rotatable bonds is 0. The van der Waals surface area contributed by atoms with Gasteiger partial charge in [0.15, 0.2) is 0 Å². The van der Waals surface area contributed by atoms with Gasteiger partial charge in [0.2, 0.25) is 0 Å². The molecule has 2 aliphatic carbocycles. The molecule has 0 aliphatic heterocycles. The van der Waals surface area contributed by atoms with Gasteiger partial charge in [0.1, 0.15) is 0 Å². The van der Waals surface area contributed by atoms with Crippen molar-refractivity contribution in [3.05, 3.63) is 0 Å². The number of hydrogen-bond donors (Lipinski definition) is 0. The molecule has 0 aromatic carbocycles. The van der Waals surface area contributed by atoms with Crippen LogP contribution in [0.15, 0.2) is 0 Å². The van der Waals surface area contributed by atoms with E-state index in [4.69, 9.17) is 0 Å². The number of fused-ring (bicyclic) bond motifs is 1. The highest BCUT2D eigenvalue weighted by atomic mass is 14.6. The van der Waals surface area contributed by atoms with Crippen LogP contribution in [0.3, 0.4) is 0 Å². The second kappa shape index (κ2) is 1.78. The van der Waals surface area contributed by atoms with E-state index >= 15 is 0 Å². The van der Waals surface area contributed by atoms with Gasteiger partial charge in [-0.05, 0) is 42.4 Å². The zero-order valence-electron chi connectivity index (χ0n) is 7.35. The average Bonchev–Trinajstić information content (AvgIpc) is 2.03. The first-order valence-corrected chi connectivity index (χ1v) is 4.64. The maximum atomic E-state index is 2.50. The molecule has 2 fully saturated rings. The van der Waals surface area contributed by atoms with E-state index in [9.17, 15) is 0 Å². The van der Waals surface area contributed by atoms with Crippen molar-refractivity contribution in [3.63, 3.8) is 0 Å². The van der Waals surface area contributed by atoms with Crippen molar-refractivity contribution in [1.29, 1.82) is 0 Å². The Labute approximate surface area is 64.0 Å². The van der Waals surface area contributed by atoms with Crippen LogP contribution in [0.25, 0.3) is 0 Å². The standard InChI is InChI=1S/C10H18/c1-7-6-9-4-5-10(9,3)8(7)2/h7-9H,4-6H2,1-3H3. The van der Waals surface area contributed by atoms with Crippen LogP contribution in [0.5, 0.6) is 0 Å². The van der Waals surface area contributed by atoms with Crippen LogP contribution >= 0.6 is 0 Å². The van der Waals surface area contributed by atoms with Gasteiger partial charge in [-0.2, -0.15) is 0 Å². The third kappa shape index (κ3) is 0.580. The molecule has 0 saturated heterocycles.